The summed E-state index contributed by atoms with van der Waals surface area (Å²) < 4.78 is 44.5. The van der Waals surface area contributed by atoms with Crippen LogP contribution < -0.4 is 16.4 Å². The molecule has 0 radical (unpaired) electrons. The number of amides is 1. The molecule has 0 aliphatic heterocycles. The van der Waals surface area contributed by atoms with Gasteiger partial charge in [-0.15, -0.1) is 0 Å². The molecule has 6 nitrogen and oxygen atoms in total. The summed E-state index contributed by atoms with van der Waals surface area (Å²) in [6.45, 7) is 2.61. The predicted molar refractivity (Wildman–Crippen MR) is 124 cm³/mol. The Kier molecular flexibility index (Phi) is 7.41. The number of hydrogen-bond acceptors (Lipinski definition) is 5. The molecule has 1 aromatic heterocycles. The number of aryl methyl sites for hydroxylation is 2. The summed E-state index contributed by atoms with van der Waals surface area (Å²) in [6.07, 6.45) is -0.431. The summed E-state index contributed by atoms with van der Waals surface area (Å²) in [5.41, 5.74) is 6.81. The first-order chi connectivity index (χ1) is 16.1. The van der Waals surface area contributed by atoms with Crippen LogP contribution in [0.5, 0.6) is 0 Å². The lowest BCUT2D eigenvalue weighted by Gasteiger charge is -2.21. The fraction of sp³-hybridized carbons (Fsp3) is 0.240. The lowest BCUT2D eigenvalue weighted by molar-refractivity contribution is -0.120. The van der Waals surface area contributed by atoms with Crippen molar-refractivity contribution in [3.05, 3.63) is 87.9 Å². The van der Waals surface area contributed by atoms with E-state index in [2.05, 4.69) is 15.6 Å². The maximum atomic E-state index is 15.1. The molecule has 0 fully saturated rings. The minimum absolute atomic E-state index is 0.0470. The minimum Gasteiger partial charge on any atom is -0.384 e. The summed E-state index contributed by atoms with van der Waals surface area (Å²) in [6, 6.07) is 13.7. The Balaban J connectivity index is 1.73. The zero-order valence-electron chi connectivity index (χ0n) is 18.8. The third-order valence-electron chi connectivity index (χ3n) is 5.43. The Labute approximate surface area is 195 Å². The van der Waals surface area contributed by atoms with Crippen molar-refractivity contribution in [1.82, 2.24) is 10.3 Å². The summed E-state index contributed by atoms with van der Waals surface area (Å²) in [5, 5.41) is 14.4. The van der Waals surface area contributed by atoms with Gasteiger partial charge in [-0.05, 0) is 43.2 Å². The molecule has 9 heteroatoms. The second-order valence-electron chi connectivity index (χ2n) is 7.87. The van der Waals surface area contributed by atoms with E-state index in [0.29, 0.717) is 17.1 Å². The van der Waals surface area contributed by atoms with Crippen molar-refractivity contribution in [1.29, 1.82) is 5.26 Å². The van der Waals surface area contributed by atoms with Gasteiger partial charge in [0.1, 0.15) is 5.82 Å². The van der Waals surface area contributed by atoms with E-state index in [0.717, 1.165) is 5.56 Å². The summed E-state index contributed by atoms with van der Waals surface area (Å²) in [4.78, 5) is 16.6. The molecule has 3 rings (SSSR count). The highest BCUT2D eigenvalue weighted by Gasteiger charge is 2.33. The van der Waals surface area contributed by atoms with Crippen LogP contribution in [0.1, 0.15) is 33.5 Å². The van der Waals surface area contributed by atoms with Crippen molar-refractivity contribution in [3.8, 4) is 6.07 Å². The van der Waals surface area contributed by atoms with Crippen molar-refractivity contribution < 1.29 is 18.0 Å². The first kappa shape index (κ1) is 24.6. The number of pyridine rings is 1. The number of hydrogen-bond donors (Lipinski definition) is 3. The number of halogens is 3. The molecular weight excluding hydrogens is 443 g/mol. The number of nitrogens with one attached hydrogen (secondary N) is 2. The van der Waals surface area contributed by atoms with Gasteiger partial charge in [-0.1, -0.05) is 30.3 Å². The van der Waals surface area contributed by atoms with Crippen LogP contribution in [0.2, 0.25) is 0 Å². The topological polar surface area (TPSA) is 104 Å². The fourth-order valence-corrected chi connectivity index (χ4v) is 3.53. The third kappa shape index (κ3) is 5.64. The number of carbonyl (C=O) groups excluding carboxylic acids is 1. The Hall–Kier alpha value is -4.06. The molecule has 0 aliphatic rings. The smallest absolute Gasteiger partial charge is 0.290 e. The van der Waals surface area contributed by atoms with Gasteiger partial charge >= 0.3 is 0 Å². The molecule has 3 aromatic rings. The van der Waals surface area contributed by atoms with Gasteiger partial charge in [0, 0.05) is 23.4 Å². The molecule has 1 heterocycles. The lowest BCUT2D eigenvalue weighted by Crippen LogP contribution is -2.27. The van der Waals surface area contributed by atoms with E-state index in [4.69, 9.17) is 5.73 Å². The number of rotatable bonds is 8. The number of alkyl halides is 2. The number of nitrogens with two attached hydrogens (primary N) is 1. The van der Waals surface area contributed by atoms with Crippen LogP contribution in [0.15, 0.2) is 48.5 Å². The largest absolute Gasteiger partial charge is 0.384 e. The molecule has 0 bridgehead atoms. The second-order valence-corrected chi connectivity index (χ2v) is 7.87. The highest BCUT2D eigenvalue weighted by molar-refractivity contribution is 5.80. The first-order valence-electron chi connectivity index (χ1n) is 10.5. The molecule has 176 valence electrons. The molecule has 0 spiro atoms. The van der Waals surface area contributed by atoms with Crippen LogP contribution >= 0.6 is 0 Å². The van der Waals surface area contributed by atoms with Crippen LogP contribution in [0, 0.1) is 31.0 Å². The molecule has 4 N–H and O–H groups in total. The van der Waals surface area contributed by atoms with Crippen LogP contribution in [0.4, 0.5) is 24.7 Å². The number of nitriles is 1. The summed E-state index contributed by atoms with van der Waals surface area (Å²) in [5.74, 6) is -4.35. The molecule has 0 unspecified atom stereocenters. The van der Waals surface area contributed by atoms with Crippen LogP contribution in [-0.2, 0) is 23.7 Å². The quantitative estimate of drug-likeness (QED) is 0.457. The van der Waals surface area contributed by atoms with Gasteiger partial charge in [0.25, 0.3) is 5.92 Å². The zero-order valence-corrected chi connectivity index (χ0v) is 18.8. The zero-order chi connectivity index (χ0) is 24.9. The molecule has 0 saturated heterocycles. The van der Waals surface area contributed by atoms with Crippen molar-refractivity contribution in [2.24, 2.45) is 0 Å². The normalized spacial score (nSPS) is 11.1. The van der Waals surface area contributed by atoms with Gasteiger partial charge in [-0.2, -0.15) is 14.0 Å². The van der Waals surface area contributed by atoms with E-state index in [-0.39, 0.29) is 28.9 Å². The van der Waals surface area contributed by atoms with E-state index in [9.17, 15) is 18.8 Å². The van der Waals surface area contributed by atoms with Crippen LogP contribution in [0.3, 0.4) is 0 Å². The van der Waals surface area contributed by atoms with E-state index in [1.165, 1.54) is 24.3 Å². The van der Waals surface area contributed by atoms with Gasteiger partial charge in [0.2, 0.25) is 5.91 Å². The Morgan fingerprint density at radius 3 is 2.56 bits per heavy atom. The monoisotopic (exact) mass is 467 g/mol. The molecule has 34 heavy (non-hydrogen) atoms. The maximum absolute atomic E-state index is 15.1. The van der Waals surface area contributed by atoms with Gasteiger partial charge in [0.05, 0.1) is 30.3 Å². The second kappa shape index (κ2) is 10.3. The molecule has 0 atom stereocenters. The van der Waals surface area contributed by atoms with Gasteiger partial charge < -0.3 is 16.4 Å². The highest BCUT2D eigenvalue weighted by atomic mass is 19.3. The van der Waals surface area contributed by atoms with Crippen molar-refractivity contribution in [2.45, 2.75) is 32.7 Å². The van der Waals surface area contributed by atoms with E-state index in [1.54, 1.807) is 38.1 Å². The molecule has 0 saturated carbocycles. The maximum Gasteiger partial charge on any atom is 0.290 e. The van der Waals surface area contributed by atoms with Gasteiger partial charge in [-0.25, -0.2) is 9.37 Å². The summed E-state index contributed by atoms with van der Waals surface area (Å²) >= 11 is 0. The Morgan fingerprint density at radius 2 is 1.88 bits per heavy atom. The highest BCUT2D eigenvalue weighted by Crippen LogP contribution is 2.31. The SMILES string of the molecule is Cc1ccccc1C(F)(F)CNc1ccc(C#N)c(CC(=O)NCc2ccc(N)nc2C)c1F. The van der Waals surface area contributed by atoms with E-state index in [1.807, 2.05) is 6.07 Å². The van der Waals surface area contributed by atoms with Crippen LogP contribution in [0.25, 0.3) is 0 Å². The van der Waals surface area contributed by atoms with Gasteiger partial charge in [0.15, 0.2) is 5.82 Å². The molecule has 1 amide bonds. The third-order valence-corrected chi connectivity index (χ3v) is 5.43. The van der Waals surface area contributed by atoms with E-state index >= 15 is 4.39 Å². The first-order valence-corrected chi connectivity index (χ1v) is 10.5. The van der Waals surface area contributed by atoms with Crippen molar-refractivity contribution >= 4 is 17.4 Å². The average Bonchev–Trinajstić information content (AvgIpc) is 2.79. The van der Waals surface area contributed by atoms with Crippen molar-refractivity contribution in [3.63, 3.8) is 0 Å². The number of anilines is 2. The molecule has 2 aromatic carbocycles. The van der Waals surface area contributed by atoms with Gasteiger partial charge in [-0.3, -0.25) is 4.79 Å². The number of nitrogens with zero attached hydrogens (tertiary/aromatic N) is 2. The standard InChI is InChI=1S/C25H24F3N5O/c1-15-5-3-4-6-20(15)25(27,28)14-32-21-9-7-17(12-29)19(24(21)26)11-23(34)31-13-18-8-10-22(30)33-16(18)2/h3-10,32H,11,13-14H2,1-2H3,(H2,30,33)(H,31,34). The lowest BCUT2D eigenvalue weighted by atomic mass is 10.0. The molecular formula is C25H24F3N5O. The number of nitrogen functional groups attached to an aromatic ring is 1. The van der Waals surface area contributed by atoms with Crippen LogP contribution in [-0.4, -0.2) is 17.4 Å². The average molecular weight is 467 g/mol. The number of aromatic nitrogens is 1. The molecule has 0 aliphatic carbocycles. The predicted octanol–water partition coefficient (Wildman–Crippen LogP) is 4.35. The van der Waals surface area contributed by atoms with E-state index < -0.39 is 30.6 Å². The number of benzene rings is 2. The fourth-order valence-electron chi connectivity index (χ4n) is 3.53. The Morgan fingerprint density at radius 1 is 1.15 bits per heavy atom. The Bertz CT molecular complexity index is 1250. The number of carbonyl (C=O) groups is 1. The summed E-state index contributed by atoms with van der Waals surface area (Å²) in [7, 11) is 0. The minimum atomic E-state index is -3.26. The van der Waals surface area contributed by atoms with Crippen molar-refractivity contribution in [2.75, 3.05) is 17.6 Å².